The number of benzene rings is 1. The minimum absolute atomic E-state index is 0.171. The van der Waals surface area contributed by atoms with Gasteiger partial charge in [0.05, 0.1) is 5.02 Å². The van der Waals surface area contributed by atoms with Gasteiger partial charge < -0.3 is 14.6 Å². The predicted octanol–water partition coefficient (Wildman–Crippen LogP) is 4.03. The molecule has 0 fully saturated rings. The van der Waals surface area contributed by atoms with Crippen molar-refractivity contribution in [1.29, 1.82) is 0 Å². The first kappa shape index (κ1) is 16.4. The van der Waals surface area contributed by atoms with E-state index in [9.17, 15) is 4.79 Å². The summed E-state index contributed by atoms with van der Waals surface area (Å²) in [6, 6.07) is 8.71. The summed E-state index contributed by atoms with van der Waals surface area (Å²) in [5.74, 6) is 1.20. The molecule has 0 aliphatic rings. The van der Waals surface area contributed by atoms with Gasteiger partial charge in [0.25, 0.3) is 5.91 Å². The first-order chi connectivity index (χ1) is 10.3. The van der Waals surface area contributed by atoms with Crippen molar-refractivity contribution < 1.29 is 14.1 Å². The minimum atomic E-state index is -0.713. The molecule has 1 atom stereocenters. The van der Waals surface area contributed by atoms with Crippen molar-refractivity contribution >= 4 is 23.3 Å². The molecule has 1 heterocycles. The molecule has 1 aromatic carbocycles. The summed E-state index contributed by atoms with van der Waals surface area (Å²) in [5, 5.41) is 6.96. The maximum absolute atomic E-state index is 12.1. The fourth-order valence-corrected chi connectivity index (χ4v) is 1.88. The number of carbonyl (C=O) groups is 1. The summed E-state index contributed by atoms with van der Waals surface area (Å²) in [6.45, 7) is 7.65. The molecule has 118 valence electrons. The van der Waals surface area contributed by atoms with Crippen LogP contribution in [0, 0.1) is 0 Å². The van der Waals surface area contributed by atoms with Crippen LogP contribution in [0.4, 0.5) is 5.82 Å². The summed E-state index contributed by atoms with van der Waals surface area (Å²) in [6.07, 6.45) is -0.713. The average Bonchev–Trinajstić information content (AvgIpc) is 2.89. The number of anilines is 1. The lowest BCUT2D eigenvalue weighted by molar-refractivity contribution is -0.122. The molecule has 2 aromatic rings. The van der Waals surface area contributed by atoms with Crippen molar-refractivity contribution in [3.8, 4) is 5.75 Å². The molecule has 0 aliphatic heterocycles. The quantitative estimate of drug-likeness (QED) is 0.923. The Labute approximate surface area is 134 Å². The van der Waals surface area contributed by atoms with E-state index >= 15 is 0 Å². The first-order valence-corrected chi connectivity index (χ1v) is 7.34. The van der Waals surface area contributed by atoms with Gasteiger partial charge in [-0.05, 0) is 19.1 Å². The zero-order valence-electron chi connectivity index (χ0n) is 13.0. The molecule has 1 amide bonds. The van der Waals surface area contributed by atoms with Crippen molar-refractivity contribution in [2.75, 3.05) is 5.32 Å². The highest BCUT2D eigenvalue weighted by Crippen LogP contribution is 2.26. The van der Waals surface area contributed by atoms with Gasteiger partial charge in [-0.2, -0.15) is 0 Å². The largest absolute Gasteiger partial charge is 0.479 e. The molecule has 0 radical (unpaired) electrons. The van der Waals surface area contributed by atoms with Gasteiger partial charge in [0.2, 0.25) is 0 Å². The second kappa shape index (κ2) is 6.40. The number of halogens is 1. The summed E-state index contributed by atoms with van der Waals surface area (Å²) in [4.78, 5) is 12.1. The van der Waals surface area contributed by atoms with Crippen LogP contribution in [0.5, 0.6) is 5.75 Å². The monoisotopic (exact) mass is 322 g/mol. The van der Waals surface area contributed by atoms with E-state index in [0.717, 1.165) is 0 Å². The molecule has 22 heavy (non-hydrogen) atoms. The number of ether oxygens (including phenoxy) is 1. The number of hydrogen-bond donors (Lipinski definition) is 1. The third-order valence-electron chi connectivity index (χ3n) is 3.01. The van der Waals surface area contributed by atoms with E-state index in [1.54, 1.807) is 37.3 Å². The van der Waals surface area contributed by atoms with Crippen LogP contribution in [0.15, 0.2) is 34.9 Å². The summed E-state index contributed by atoms with van der Waals surface area (Å²) in [5.41, 5.74) is -0.171. The molecule has 2 rings (SSSR count). The highest BCUT2D eigenvalue weighted by atomic mass is 35.5. The molecule has 1 unspecified atom stereocenters. The highest BCUT2D eigenvalue weighted by molar-refractivity contribution is 6.32. The van der Waals surface area contributed by atoms with Crippen molar-refractivity contribution in [3.63, 3.8) is 0 Å². The molecule has 0 saturated carbocycles. The van der Waals surface area contributed by atoms with Crippen molar-refractivity contribution in [2.45, 2.75) is 39.2 Å². The Bertz CT molecular complexity index is 661. The average molecular weight is 323 g/mol. The van der Waals surface area contributed by atoms with Crippen molar-refractivity contribution in [2.24, 2.45) is 0 Å². The Morgan fingerprint density at radius 1 is 1.36 bits per heavy atom. The van der Waals surface area contributed by atoms with Crippen LogP contribution in [0.1, 0.15) is 33.5 Å². The topological polar surface area (TPSA) is 64.4 Å². The fraction of sp³-hybridized carbons (Fsp3) is 0.375. The third kappa shape index (κ3) is 4.01. The Hall–Kier alpha value is -2.01. The van der Waals surface area contributed by atoms with Gasteiger partial charge in [-0.25, -0.2) is 0 Å². The fourth-order valence-electron chi connectivity index (χ4n) is 1.70. The predicted molar refractivity (Wildman–Crippen MR) is 85.4 cm³/mol. The van der Waals surface area contributed by atoms with E-state index in [-0.39, 0.29) is 11.3 Å². The molecule has 1 aromatic heterocycles. The molecule has 5 nitrogen and oxygen atoms in total. The minimum Gasteiger partial charge on any atom is -0.479 e. The van der Waals surface area contributed by atoms with Crippen molar-refractivity contribution in [3.05, 3.63) is 41.1 Å². The second-order valence-electron chi connectivity index (χ2n) is 6.01. The smallest absolute Gasteiger partial charge is 0.266 e. The number of hydrogen-bond acceptors (Lipinski definition) is 4. The zero-order valence-corrected chi connectivity index (χ0v) is 13.8. The number of nitrogens with zero attached hydrogens (tertiary/aromatic N) is 1. The molecule has 0 aliphatic carbocycles. The van der Waals surface area contributed by atoms with Crippen LogP contribution >= 0.6 is 11.6 Å². The molecule has 6 heteroatoms. The standard InChI is InChI=1S/C16H19ClN2O3/c1-10(21-12-8-6-5-7-11(12)17)15(20)18-14-9-13(22-19-14)16(2,3)4/h5-10H,1-4H3,(H,18,19,20). The van der Waals surface area contributed by atoms with Gasteiger partial charge in [-0.15, -0.1) is 0 Å². The summed E-state index contributed by atoms with van der Waals surface area (Å²) < 4.78 is 10.8. The first-order valence-electron chi connectivity index (χ1n) is 6.96. The van der Waals surface area contributed by atoms with E-state index in [0.29, 0.717) is 22.4 Å². The van der Waals surface area contributed by atoms with Crippen LogP contribution in [-0.4, -0.2) is 17.2 Å². The van der Waals surface area contributed by atoms with E-state index in [1.807, 2.05) is 20.8 Å². The van der Waals surface area contributed by atoms with Gasteiger partial charge in [0, 0.05) is 11.5 Å². The van der Waals surface area contributed by atoms with Gasteiger partial charge in [0.15, 0.2) is 11.9 Å². The molecule has 1 N–H and O–H groups in total. The number of nitrogens with one attached hydrogen (secondary N) is 1. The number of carbonyl (C=O) groups excluding carboxylic acids is 1. The lowest BCUT2D eigenvalue weighted by Gasteiger charge is -2.14. The van der Waals surface area contributed by atoms with Crippen LogP contribution in [0.2, 0.25) is 5.02 Å². The molecule has 0 spiro atoms. The van der Waals surface area contributed by atoms with E-state index in [1.165, 1.54) is 0 Å². The molecule has 0 saturated heterocycles. The summed E-state index contributed by atoms with van der Waals surface area (Å²) >= 11 is 6.00. The Balaban J connectivity index is 2.00. The van der Waals surface area contributed by atoms with Crippen LogP contribution < -0.4 is 10.1 Å². The SMILES string of the molecule is CC(Oc1ccccc1Cl)C(=O)Nc1cc(C(C)(C)C)on1. The normalized spacial score (nSPS) is 12.8. The van der Waals surface area contributed by atoms with Crippen LogP contribution in [-0.2, 0) is 10.2 Å². The van der Waals surface area contributed by atoms with Gasteiger partial charge in [-0.3, -0.25) is 4.79 Å². The molecule has 0 bridgehead atoms. The second-order valence-corrected chi connectivity index (χ2v) is 6.41. The van der Waals surface area contributed by atoms with Gasteiger partial charge in [0.1, 0.15) is 11.5 Å². The lowest BCUT2D eigenvalue weighted by Crippen LogP contribution is -2.30. The third-order valence-corrected chi connectivity index (χ3v) is 3.32. The van der Waals surface area contributed by atoms with Gasteiger partial charge in [-0.1, -0.05) is 49.7 Å². The van der Waals surface area contributed by atoms with Crippen molar-refractivity contribution in [1.82, 2.24) is 5.16 Å². The van der Waals surface area contributed by atoms with Crippen LogP contribution in [0.25, 0.3) is 0 Å². The maximum atomic E-state index is 12.1. The highest BCUT2D eigenvalue weighted by Gasteiger charge is 2.22. The maximum Gasteiger partial charge on any atom is 0.266 e. The number of amides is 1. The number of para-hydroxylation sites is 1. The Morgan fingerprint density at radius 3 is 2.64 bits per heavy atom. The molecular weight excluding hydrogens is 304 g/mol. The van der Waals surface area contributed by atoms with E-state index < -0.39 is 6.10 Å². The zero-order chi connectivity index (χ0) is 16.3. The Morgan fingerprint density at radius 2 is 2.05 bits per heavy atom. The van der Waals surface area contributed by atoms with E-state index in [4.69, 9.17) is 20.9 Å². The number of rotatable bonds is 4. The Kier molecular flexibility index (Phi) is 4.76. The summed E-state index contributed by atoms with van der Waals surface area (Å²) in [7, 11) is 0. The van der Waals surface area contributed by atoms with Crippen LogP contribution in [0.3, 0.4) is 0 Å². The molecular formula is C16H19ClN2O3. The lowest BCUT2D eigenvalue weighted by atomic mass is 9.93. The van der Waals surface area contributed by atoms with Gasteiger partial charge >= 0.3 is 0 Å². The number of aromatic nitrogens is 1. The van der Waals surface area contributed by atoms with E-state index in [2.05, 4.69) is 10.5 Å².